The van der Waals surface area contributed by atoms with Gasteiger partial charge in [0.2, 0.25) is 0 Å². The van der Waals surface area contributed by atoms with Crippen molar-refractivity contribution in [3.63, 3.8) is 0 Å². The van der Waals surface area contributed by atoms with Crippen LogP contribution >= 0.6 is 15.9 Å². The minimum atomic E-state index is 0.715. The average Bonchev–Trinajstić information content (AvgIpc) is 2.93. The molecule has 0 bridgehead atoms. The zero-order chi connectivity index (χ0) is 12.4. The topological polar surface area (TPSA) is 12.0 Å². The van der Waals surface area contributed by atoms with Crippen LogP contribution in [0.5, 0.6) is 0 Å². The van der Waals surface area contributed by atoms with Crippen molar-refractivity contribution in [3.05, 3.63) is 33.8 Å². The molecule has 2 heteroatoms. The highest BCUT2D eigenvalue weighted by Crippen LogP contribution is 2.39. The van der Waals surface area contributed by atoms with Gasteiger partial charge in [0, 0.05) is 11.0 Å². The van der Waals surface area contributed by atoms with E-state index in [1.54, 1.807) is 5.56 Å². The standard InChI is InChI=1S/C16H22BrN/c17-16-10-13(14-6-3-9-18-11-14)7-8-15(16)12-4-1-2-5-12/h7-8,10,12,14,18H,1-6,9,11H2. The van der Waals surface area contributed by atoms with Gasteiger partial charge in [0.1, 0.15) is 0 Å². The molecule has 18 heavy (non-hydrogen) atoms. The van der Waals surface area contributed by atoms with Crippen LogP contribution in [0.3, 0.4) is 0 Å². The van der Waals surface area contributed by atoms with Crippen molar-refractivity contribution in [2.45, 2.75) is 50.4 Å². The van der Waals surface area contributed by atoms with E-state index in [4.69, 9.17) is 0 Å². The lowest BCUT2D eigenvalue weighted by Gasteiger charge is -2.24. The van der Waals surface area contributed by atoms with Gasteiger partial charge in [-0.15, -0.1) is 0 Å². The van der Waals surface area contributed by atoms with Crippen molar-refractivity contribution in [2.75, 3.05) is 13.1 Å². The maximum absolute atomic E-state index is 3.80. The molecule has 1 aromatic carbocycles. The molecular formula is C16H22BrN. The summed E-state index contributed by atoms with van der Waals surface area (Å²) in [6, 6.07) is 7.13. The SMILES string of the molecule is Brc1cc(C2CCCNC2)ccc1C1CCCC1. The Bertz CT molecular complexity index is 404. The summed E-state index contributed by atoms with van der Waals surface area (Å²) < 4.78 is 1.34. The Labute approximate surface area is 118 Å². The fourth-order valence-electron chi connectivity index (χ4n) is 3.50. The second kappa shape index (κ2) is 5.75. The van der Waals surface area contributed by atoms with Crippen molar-refractivity contribution >= 4 is 15.9 Å². The Morgan fingerprint density at radius 3 is 2.44 bits per heavy atom. The highest BCUT2D eigenvalue weighted by molar-refractivity contribution is 9.10. The van der Waals surface area contributed by atoms with Gasteiger partial charge in [-0.3, -0.25) is 0 Å². The molecule has 0 amide bonds. The first-order chi connectivity index (χ1) is 8.84. The van der Waals surface area contributed by atoms with E-state index in [2.05, 4.69) is 39.4 Å². The zero-order valence-corrected chi connectivity index (χ0v) is 12.5. The van der Waals surface area contributed by atoms with Crippen LogP contribution < -0.4 is 5.32 Å². The lowest BCUT2D eigenvalue weighted by Crippen LogP contribution is -2.28. The van der Waals surface area contributed by atoms with Crippen molar-refractivity contribution in [3.8, 4) is 0 Å². The summed E-state index contributed by atoms with van der Waals surface area (Å²) in [4.78, 5) is 0. The number of nitrogens with one attached hydrogen (secondary N) is 1. The van der Waals surface area contributed by atoms with Crippen molar-refractivity contribution in [2.24, 2.45) is 0 Å². The third-order valence-corrected chi connectivity index (χ3v) is 5.27. The van der Waals surface area contributed by atoms with Crippen molar-refractivity contribution in [1.82, 2.24) is 5.32 Å². The van der Waals surface area contributed by atoms with Gasteiger partial charge >= 0.3 is 0 Å². The first kappa shape index (κ1) is 12.7. The van der Waals surface area contributed by atoms with E-state index >= 15 is 0 Å². The summed E-state index contributed by atoms with van der Waals surface area (Å²) in [5, 5.41) is 3.51. The predicted octanol–water partition coefficient (Wildman–Crippen LogP) is 4.57. The smallest absolute Gasteiger partial charge is 0.0212 e. The summed E-state index contributed by atoms with van der Waals surface area (Å²) in [7, 11) is 0. The second-order valence-corrected chi connectivity index (χ2v) is 6.66. The Hall–Kier alpha value is -0.340. The molecule has 2 fully saturated rings. The van der Waals surface area contributed by atoms with Crippen LogP contribution in [0.4, 0.5) is 0 Å². The molecule has 0 radical (unpaired) electrons. The molecule has 98 valence electrons. The Morgan fingerprint density at radius 2 is 1.78 bits per heavy atom. The van der Waals surface area contributed by atoms with E-state index in [1.165, 1.54) is 55.1 Å². The van der Waals surface area contributed by atoms with Crippen LogP contribution in [0.1, 0.15) is 61.5 Å². The quantitative estimate of drug-likeness (QED) is 0.843. The van der Waals surface area contributed by atoms with Gasteiger partial charge in [0.05, 0.1) is 0 Å². The molecule has 1 heterocycles. The van der Waals surface area contributed by atoms with Crippen LogP contribution in [0.25, 0.3) is 0 Å². The van der Waals surface area contributed by atoms with E-state index in [1.807, 2.05) is 0 Å². The van der Waals surface area contributed by atoms with Crippen molar-refractivity contribution < 1.29 is 0 Å². The van der Waals surface area contributed by atoms with Gasteiger partial charge in [-0.2, -0.15) is 0 Å². The highest BCUT2D eigenvalue weighted by atomic mass is 79.9. The van der Waals surface area contributed by atoms with Crippen molar-refractivity contribution in [1.29, 1.82) is 0 Å². The molecule has 1 unspecified atom stereocenters. The van der Waals surface area contributed by atoms with Gasteiger partial charge in [-0.05, 0) is 61.3 Å². The summed E-state index contributed by atoms with van der Waals surface area (Å²) >= 11 is 3.80. The summed E-state index contributed by atoms with van der Waals surface area (Å²) in [5.74, 6) is 1.52. The highest BCUT2D eigenvalue weighted by Gasteiger charge is 2.21. The molecular weight excluding hydrogens is 286 g/mol. The predicted molar refractivity (Wildman–Crippen MR) is 80.2 cm³/mol. The molecule has 1 saturated heterocycles. The molecule has 2 aliphatic rings. The second-order valence-electron chi connectivity index (χ2n) is 5.81. The van der Waals surface area contributed by atoms with Crippen LogP contribution in [0.15, 0.2) is 22.7 Å². The number of hydrogen-bond acceptors (Lipinski definition) is 1. The van der Waals surface area contributed by atoms with E-state index in [9.17, 15) is 0 Å². The number of hydrogen-bond donors (Lipinski definition) is 1. The third-order valence-electron chi connectivity index (χ3n) is 4.59. The fraction of sp³-hybridized carbons (Fsp3) is 0.625. The molecule has 1 atom stereocenters. The minimum absolute atomic E-state index is 0.715. The first-order valence-electron chi connectivity index (χ1n) is 7.34. The lowest BCUT2D eigenvalue weighted by molar-refractivity contribution is 0.461. The molecule has 0 aromatic heterocycles. The lowest BCUT2D eigenvalue weighted by atomic mass is 9.89. The Balaban J connectivity index is 1.79. The van der Waals surface area contributed by atoms with Crippen LogP contribution in [-0.2, 0) is 0 Å². The Morgan fingerprint density at radius 1 is 1.00 bits per heavy atom. The summed E-state index contributed by atoms with van der Waals surface area (Å²) in [6.07, 6.45) is 8.22. The van der Waals surface area contributed by atoms with Gasteiger partial charge < -0.3 is 5.32 Å². The summed E-state index contributed by atoms with van der Waals surface area (Å²) in [6.45, 7) is 2.34. The van der Waals surface area contributed by atoms with Crippen LogP contribution in [-0.4, -0.2) is 13.1 Å². The molecule has 1 saturated carbocycles. The van der Waals surface area contributed by atoms with E-state index in [-0.39, 0.29) is 0 Å². The summed E-state index contributed by atoms with van der Waals surface area (Å²) in [5.41, 5.74) is 3.05. The molecule has 1 nitrogen and oxygen atoms in total. The number of rotatable bonds is 2. The maximum Gasteiger partial charge on any atom is 0.0212 e. The van der Waals surface area contributed by atoms with E-state index in [0.29, 0.717) is 5.92 Å². The van der Waals surface area contributed by atoms with Gasteiger partial charge in [0.25, 0.3) is 0 Å². The first-order valence-corrected chi connectivity index (χ1v) is 8.14. The number of piperidine rings is 1. The minimum Gasteiger partial charge on any atom is -0.316 e. The van der Waals surface area contributed by atoms with E-state index in [0.717, 1.165) is 12.5 Å². The third kappa shape index (κ3) is 2.65. The van der Waals surface area contributed by atoms with Gasteiger partial charge in [-0.25, -0.2) is 0 Å². The molecule has 3 rings (SSSR count). The molecule has 1 aromatic rings. The number of halogens is 1. The maximum atomic E-state index is 3.80. The molecule has 1 aliphatic carbocycles. The zero-order valence-electron chi connectivity index (χ0n) is 10.9. The Kier molecular flexibility index (Phi) is 4.05. The average molecular weight is 308 g/mol. The van der Waals surface area contributed by atoms with Crippen LogP contribution in [0, 0.1) is 0 Å². The monoisotopic (exact) mass is 307 g/mol. The number of benzene rings is 1. The largest absolute Gasteiger partial charge is 0.316 e. The molecule has 1 N–H and O–H groups in total. The van der Waals surface area contributed by atoms with Gasteiger partial charge in [-0.1, -0.05) is 40.9 Å². The molecule has 1 aliphatic heterocycles. The van der Waals surface area contributed by atoms with Gasteiger partial charge in [0.15, 0.2) is 0 Å². The molecule has 0 spiro atoms. The normalized spacial score (nSPS) is 25.5. The van der Waals surface area contributed by atoms with Crippen LogP contribution in [0.2, 0.25) is 0 Å². The fourth-order valence-corrected chi connectivity index (χ4v) is 4.22. The van der Waals surface area contributed by atoms with E-state index < -0.39 is 0 Å².